The standard InChI is InChI=1S/C18H17NO7/c1-9-13(16(21)22)14(15(18(24)26-3)12(8-20)19-9)10-6-4-5-7-11(10)17(23)25-2/h4-8,13-14H,1-3H3,(H,21,22). The van der Waals surface area contributed by atoms with Crippen LogP contribution in [0, 0.1) is 5.92 Å². The molecule has 0 saturated heterocycles. The zero-order valence-electron chi connectivity index (χ0n) is 14.4. The molecule has 2 rings (SSSR count). The maximum Gasteiger partial charge on any atom is 0.338 e. The van der Waals surface area contributed by atoms with Crippen LogP contribution in [0.25, 0.3) is 0 Å². The van der Waals surface area contributed by atoms with E-state index in [1.807, 2.05) is 0 Å². The van der Waals surface area contributed by atoms with Crippen LogP contribution < -0.4 is 0 Å². The van der Waals surface area contributed by atoms with Crippen molar-refractivity contribution in [3.8, 4) is 0 Å². The van der Waals surface area contributed by atoms with Gasteiger partial charge in [0.2, 0.25) is 0 Å². The molecule has 2 unspecified atom stereocenters. The summed E-state index contributed by atoms with van der Waals surface area (Å²) in [5, 5.41) is 9.70. The number of rotatable bonds is 5. The van der Waals surface area contributed by atoms with E-state index in [1.54, 1.807) is 12.1 Å². The van der Waals surface area contributed by atoms with Crippen LogP contribution in [0.4, 0.5) is 0 Å². The van der Waals surface area contributed by atoms with Crippen molar-refractivity contribution in [3.63, 3.8) is 0 Å². The zero-order chi connectivity index (χ0) is 19.4. The fourth-order valence-electron chi connectivity index (χ4n) is 3.04. The Balaban J connectivity index is 2.83. The Morgan fingerprint density at radius 1 is 1.12 bits per heavy atom. The molecule has 0 aliphatic carbocycles. The van der Waals surface area contributed by atoms with E-state index < -0.39 is 29.7 Å². The molecule has 1 aliphatic heterocycles. The lowest BCUT2D eigenvalue weighted by molar-refractivity contribution is -0.140. The summed E-state index contributed by atoms with van der Waals surface area (Å²) in [6.45, 7) is 1.45. The fraction of sp³-hybridized carbons (Fsp3) is 0.278. The van der Waals surface area contributed by atoms with Gasteiger partial charge in [-0.05, 0) is 18.6 Å². The quantitative estimate of drug-likeness (QED) is 0.622. The highest BCUT2D eigenvalue weighted by atomic mass is 16.5. The number of esters is 2. The number of carbonyl (C=O) groups excluding carboxylic acids is 3. The molecule has 0 radical (unpaired) electrons. The first-order valence-electron chi connectivity index (χ1n) is 7.60. The van der Waals surface area contributed by atoms with E-state index in [2.05, 4.69) is 4.99 Å². The minimum absolute atomic E-state index is 0.0904. The second-order valence-corrected chi connectivity index (χ2v) is 5.53. The normalized spacial score (nSPS) is 19.4. The Bertz CT molecular complexity index is 838. The van der Waals surface area contributed by atoms with Gasteiger partial charge in [-0.3, -0.25) is 14.6 Å². The average molecular weight is 359 g/mol. The molecule has 0 aromatic heterocycles. The van der Waals surface area contributed by atoms with Crippen molar-refractivity contribution in [3.05, 3.63) is 46.7 Å². The first-order valence-corrected chi connectivity index (χ1v) is 7.60. The monoisotopic (exact) mass is 359 g/mol. The molecule has 26 heavy (non-hydrogen) atoms. The van der Waals surface area contributed by atoms with Gasteiger partial charge in [0.05, 0.1) is 25.4 Å². The van der Waals surface area contributed by atoms with Crippen LogP contribution in [0.5, 0.6) is 0 Å². The topological polar surface area (TPSA) is 119 Å². The molecule has 2 atom stereocenters. The highest BCUT2D eigenvalue weighted by Gasteiger charge is 2.43. The number of carboxylic acids is 1. The van der Waals surface area contributed by atoms with Crippen LogP contribution in [0.2, 0.25) is 0 Å². The maximum absolute atomic E-state index is 12.3. The molecular formula is C18H17NO7. The Hall–Kier alpha value is -3.29. The number of methoxy groups -OCH3 is 2. The van der Waals surface area contributed by atoms with Crippen LogP contribution in [-0.4, -0.2) is 49.2 Å². The van der Waals surface area contributed by atoms with Gasteiger partial charge in [0.25, 0.3) is 0 Å². The molecule has 0 spiro atoms. The number of allylic oxidation sites excluding steroid dienone is 1. The predicted molar refractivity (Wildman–Crippen MR) is 89.9 cm³/mol. The Morgan fingerprint density at radius 3 is 2.27 bits per heavy atom. The molecular weight excluding hydrogens is 342 g/mol. The van der Waals surface area contributed by atoms with Gasteiger partial charge in [-0.25, -0.2) is 9.59 Å². The van der Waals surface area contributed by atoms with Gasteiger partial charge in [0.1, 0.15) is 11.6 Å². The average Bonchev–Trinajstić information content (AvgIpc) is 2.65. The summed E-state index contributed by atoms with van der Waals surface area (Å²) in [6, 6.07) is 6.14. The molecule has 8 heteroatoms. The third-order valence-electron chi connectivity index (χ3n) is 4.15. The van der Waals surface area contributed by atoms with E-state index in [4.69, 9.17) is 9.47 Å². The number of ether oxygens (including phenoxy) is 2. The molecule has 0 amide bonds. The predicted octanol–water partition coefficient (Wildman–Crippen LogP) is 1.36. The summed E-state index contributed by atoms with van der Waals surface area (Å²) >= 11 is 0. The minimum atomic E-state index is -1.25. The summed E-state index contributed by atoms with van der Waals surface area (Å²) in [5.41, 5.74) is 0.0265. The van der Waals surface area contributed by atoms with Crippen molar-refractivity contribution in [2.24, 2.45) is 10.9 Å². The number of carbonyl (C=O) groups is 4. The van der Waals surface area contributed by atoms with Gasteiger partial charge in [-0.2, -0.15) is 0 Å². The molecule has 136 valence electrons. The van der Waals surface area contributed by atoms with Crippen molar-refractivity contribution < 1.29 is 33.8 Å². The molecule has 1 aromatic rings. The smallest absolute Gasteiger partial charge is 0.338 e. The van der Waals surface area contributed by atoms with Crippen LogP contribution in [0.15, 0.2) is 40.5 Å². The fourth-order valence-corrected chi connectivity index (χ4v) is 3.04. The lowest BCUT2D eigenvalue weighted by atomic mass is 9.74. The summed E-state index contributed by atoms with van der Waals surface area (Å²) in [6.07, 6.45) is 0.363. The third-order valence-corrected chi connectivity index (χ3v) is 4.15. The number of aliphatic carboxylic acids is 1. The molecule has 0 fully saturated rings. The number of aliphatic imine (C=N–C) groups is 1. The lowest BCUT2D eigenvalue weighted by Crippen LogP contribution is -2.36. The molecule has 1 heterocycles. The van der Waals surface area contributed by atoms with E-state index in [-0.39, 0.29) is 28.1 Å². The van der Waals surface area contributed by atoms with Crippen molar-refractivity contribution in [1.82, 2.24) is 0 Å². The summed E-state index contributed by atoms with van der Waals surface area (Å²) in [5.74, 6) is -5.21. The van der Waals surface area contributed by atoms with Crippen molar-refractivity contribution in [2.75, 3.05) is 14.2 Å². The van der Waals surface area contributed by atoms with Crippen molar-refractivity contribution in [1.29, 1.82) is 0 Å². The van der Waals surface area contributed by atoms with E-state index in [0.29, 0.717) is 6.29 Å². The third kappa shape index (κ3) is 3.26. The first kappa shape index (κ1) is 19.0. The number of carboxylic acid groups (broad SMARTS) is 1. The number of aldehydes is 1. The van der Waals surface area contributed by atoms with Crippen LogP contribution in [0.3, 0.4) is 0 Å². The second kappa shape index (κ2) is 7.73. The van der Waals surface area contributed by atoms with E-state index in [1.165, 1.54) is 26.2 Å². The summed E-state index contributed by atoms with van der Waals surface area (Å²) in [4.78, 5) is 51.8. The molecule has 0 saturated carbocycles. The van der Waals surface area contributed by atoms with E-state index in [9.17, 15) is 24.3 Å². The van der Waals surface area contributed by atoms with E-state index >= 15 is 0 Å². The van der Waals surface area contributed by atoms with Gasteiger partial charge in [0.15, 0.2) is 6.29 Å². The van der Waals surface area contributed by atoms with Crippen LogP contribution in [-0.2, 0) is 23.9 Å². The number of nitrogens with zero attached hydrogens (tertiary/aromatic N) is 1. The van der Waals surface area contributed by atoms with Crippen molar-refractivity contribution in [2.45, 2.75) is 12.8 Å². The Kier molecular flexibility index (Phi) is 5.66. The number of hydrogen-bond donors (Lipinski definition) is 1. The highest BCUT2D eigenvalue weighted by Crippen LogP contribution is 2.40. The first-order chi connectivity index (χ1) is 12.4. The summed E-state index contributed by atoms with van der Waals surface area (Å²) in [7, 11) is 2.30. The zero-order valence-corrected chi connectivity index (χ0v) is 14.4. The molecule has 1 aliphatic rings. The van der Waals surface area contributed by atoms with Crippen LogP contribution >= 0.6 is 0 Å². The largest absolute Gasteiger partial charge is 0.481 e. The molecule has 1 N–H and O–H groups in total. The van der Waals surface area contributed by atoms with Crippen LogP contribution in [0.1, 0.15) is 28.8 Å². The highest BCUT2D eigenvalue weighted by molar-refractivity contribution is 6.10. The van der Waals surface area contributed by atoms with E-state index in [0.717, 1.165) is 7.11 Å². The van der Waals surface area contributed by atoms with Crippen molar-refractivity contribution >= 4 is 29.9 Å². The number of hydrogen-bond acceptors (Lipinski definition) is 7. The Morgan fingerprint density at radius 2 is 1.73 bits per heavy atom. The van der Waals surface area contributed by atoms with Gasteiger partial charge in [-0.1, -0.05) is 18.2 Å². The Labute approximate surface area is 149 Å². The van der Waals surface area contributed by atoms with Gasteiger partial charge >= 0.3 is 17.9 Å². The van der Waals surface area contributed by atoms with Gasteiger partial charge < -0.3 is 14.6 Å². The molecule has 0 bridgehead atoms. The molecule has 1 aromatic carbocycles. The number of benzene rings is 1. The maximum atomic E-state index is 12.3. The SMILES string of the molecule is COC(=O)C1=C(C=O)N=C(C)C(C(=O)O)C1c1ccccc1C(=O)OC. The van der Waals surface area contributed by atoms with Gasteiger partial charge in [-0.15, -0.1) is 0 Å². The molecule has 8 nitrogen and oxygen atoms in total. The van der Waals surface area contributed by atoms with Gasteiger partial charge in [0, 0.05) is 11.6 Å². The summed E-state index contributed by atoms with van der Waals surface area (Å²) < 4.78 is 9.48. The minimum Gasteiger partial charge on any atom is -0.481 e. The second-order valence-electron chi connectivity index (χ2n) is 5.53. The lowest BCUT2D eigenvalue weighted by Gasteiger charge is -2.30.